The fourth-order valence-corrected chi connectivity index (χ4v) is 3.00. The van der Waals surface area contributed by atoms with Gasteiger partial charge in [-0.25, -0.2) is 0 Å². The summed E-state index contributed by atoms with van der Waals surface area (Å²) in [5.41, 5.74) is 0. The van der Waals surface area contributed by atoms with Gasteiger partial charge in [0.2, 0.25) is 11.8 Å². The Kier molecular flexibility index (Phi) is 5.19. The summed E-state index contributed by atoms with van der Waals surface area (Å²) in [6.07, 6.45) is 5.02. The standard InChI is InChI=1S/C14H24N2O3/c1-12(17)16(13-4-2-3-5-13)7-6-14(18)15-8-10-19-11-9-15/h13H,2-11H2,1H3. The van der Waals surface area contributed by atoms with Crippen LogP contribution in [0.25, 0.3) is 0 Å². The van der Waals surface area contributed by atoms with Gasteiger partial charge in [-0.2, -0.15) is 0 Å². The highest BCUT2D eigenvalue weighted by Gasteiger charge is 2.25. The number of nitrogens with zero attached hydrogens (tertiary/aromatic N) is 2. The van der Waals surface area contributed by atoms with Gasteiger partial charge < -0.3 is 14.5 Å². The van der Waals surface area contributed by atoms with E-state index in [1.54, 1.807) is 6.92 Å². The normalized spacial score (nSPS) is 20.6. The van der Waals surface area contributed by atoms with Crippen molar-refractivity contribution < 1.29 is 14.3 Å². The lowest BCUT2D eigenvalue weighted by Gasteiger charge is -2.30. The van der Waals surface area contributed by atoms with Gasteiger partial charge in [-0.3, -0.25) is 9.59 Å². The quantitative estimate of drug-likeness (QED) is 0.765. The molecule has 0 bridgehead atoms. The van der Waals surface area contributed by atoms with Crippen LogP contribution in [0, 0.1) is 0 Å². The first-order valence-corrected chi connectivity index (χ1v) is 7.31. The third kappa shape index (κ3) is 3.93. The van der Waals surface area contributed by atoms with Crippen molar-refractivity contribution >= 4 is 11.8 Å². The number of hydrogen-bond donors (Lipinski definition) is 0. The Morgan fingerprint density at radius 3 is 2.42 bits per heavy atom. The van der Waals surface area contributed by atoms with Gasteiger partial charge in [0.05, 0.1) is 13.2 Å². The molecule has 5 heteroatoms. The highest BCUT2D eigenvalue weighted by Crippen LogP contribution is 2.23. The zero-order valence-electron chi connectivity index (χ0n) is 11.8. The van der Waals surface area contributed by atoms with Gasteiger partial charge in [-0.05, 0) is 12.8 Å². The molecule has 1 heterocycles. The van der Waals surface area contributed by atoms with Crippen molar-refractivity contribution in [2.75, 3.05) is 32.8 Å². The van der Waals surface area contributed by atoms with Crippen LogP contribution in [-0.4, -0.2) is 60.5 Å². The summed E-state index contributed by atoms with van der Waals surface area (Å²) < 4.78 is 5.24. The number of carbonyl (C=O) groups excluding carboxylic acids is 2. The monoisotopic (exact) mass is 268 g/mol. The van der Waals surface area contributed by atoms with Gasteiger partial charge in [-0.1, -0.05) is 12.8 Å². The third-order valence-corrected chi connectivity index (χ3v) is 4.10. The summed E-state index contributed by atoms with van der Waals surface area (Å²) in [5, 5.41) is 0. The second kappa shape index (κ2) is 6.89. The Labute approximate surface area is 114 Å². The van der Waals surface area contributed by atoms with E-state index < -0.39 is 0 Å². The lowest BCUT2D eigenvalue weighted by Crippen LogP contribution is -2.44. The van der Waals surface area contributed by atoms with Crippen LogP contribution in [0.2, 0.25) is 0 Å². The SMILES string of the molecule is CC(=O)N(CCC(=O)N1CCOCC1)C1CCCC1. The molecule has 0 radical (unpaired) electrons. The van der Waals surface area contributed by atoms with Gasteiger partial charge in [0.25, 0.3) is 0 Å². The Bertz CT molecular complexity index is 321. The Morgan fingerprint density at radius 1 is 1.21 bits per heavy atom. The van der Waals surface area contributed by atoms with Gasteiger partial charge in [0.1, 0.15) is 0 Å². The molecule has 2 amide bonds. The van der Waals surface area contributed by atoms with Crippen LogP contribution in [-0.2, 0) is 14.3 Å². The van der Waals surface area contributed by atoms with E-state index in [9.17, 15) is 9.59 Å². The molecule has 1 aliphatic carbocycles. The molecule has 0 N–H and O–H groups in total. The minimum Gasteiger partial charge on any atom is -0.378 e. The van der Waals surface area contributed by atoms with E-state index in [0.717, 1.165) is 12.8 Å². The molecular weight excluding hydrogens is 244 g/mol. The predicted molar refractivity (Wildman–Crippen MR) is 71.7 cm³/mol. The van der Waals surface area contributed by atoms with Crippen LogP contribution in [0.3, 0.4) is 0 Å². The molecule has 0 unspecified atom stereocenters. The molecule has 0 spiro atoms. The number of morpholine rings is 1. The van der Waals surface area contributed by atoms with Gasteiger partial charge in [-0.15, -0.1) is 0 Å². The van der Waals surface area contributed by atoms with E-state index in [4.69, 9.17) is 4.74 Å². The molecule has 2 aliphatic rings. The second-order valence-corrected chi connectivity index (χ2v) is 5.39. The summed E-state index contributed by atoms with van der Waals surface area (Å²) in [6, 6.07) is 0.356. The average Bonchev–Trinajstić information content (AvgIpc) is 2.93. The molecule has 2 rings (SSSR count). The van der Waals surface area contributed by atoms with Crippen molar-refractivity contribution in [3.8, 4) is 0 Å². The maximum Gasteiger partial charge on any atom is 0.224 e. The molecule has 0 aromatic heterocycles. The predicted octanol–water partition coefficient (Wildman–Crippen LogP) is 1.03. The smallest absolute Gasteiger partial charge is 0.224 e. The van der Waals surface area contributed by atoms with Crippen LogP contribution in [0.1, 0.15) is 39.0 Å². The number of carbonyl (C=O) groups is 2. The van der Waals surface area contributed by atoms with E-state index in [2.05, 4.69) is 0 Å². The summed E-state index contributed by atoms with van der Waals surface area (Å²) >= 11 is 0. The zero-order chi connectivity index (χ0) is 13.7. The molecule has 2 fully saturated rings. The molecule has 0 aromatic rings. The number of amides is 2. The van der Waals surface area contributed by atoms with Crippen molar-refractivity contribution in [1.29, 1.82) is 0 Å². The molecule has 0 atom stereocenters. The minimum atomic E-state index is 0.0988. The molecule has 5 nitrogen and oxygen atoms in total. The summed E-state index contributed by atoms with van der Waals surface area (Å²) in [6.45, 7) is 4.80. The fourth-order valence-electron chi connectivity index (χ4n) is 3.00. The first-order chi connectivity index (χ1) is 9.18. The Balaban J connectivity index is 1.80. The van der Waals surface area contributed by atoms with Gasteiger partial charge in [0, 0.05) is 39.0 Å². The van der Waals surface area contributed by atoms with Crippen LogP contribution in [0.15, 0.2) is 0 Å². The van der Waals surface area contributed by atoms with Crippen molar-refractivity contribution in [1.82, 2.24) is 9.80 Å². The summed E-state index contributed by atoms with van der Waals surface area (Å²) in [5.74, 6) is 0.245. The minimum absolute atomic E-state index is 0.0988. The lowest BCUT2D eigenvalue weighted by molar-refractivity contribution is -0.137. The lowest BCUT2D eigenvalue weighted by atomic mass is 10.2. The molecule has 19 heavy (non-hydrogen) atoms. The molecule has 1 aliphatic heterocycles. The maximum absolute atomic E-state index is 12.1. The van der Waals surface area contributed by atoms with E-state index in [1.807, 2.05) is 9.80 Å². The molecule has 1 saturated heterocycles. The number of rotatable bonds is 4. The van der Waals surface area contributed by atoms with Crippen LogP contribution >= 0.6 is 0 Å². The number of ether oxygens (including phenoxy) is 1. The van der Waals surface area contributed by atoms with Crippen molar-refractivity contribution in [3.05, 3.63) is 0 Å². The maximum atomic E-state index is 12.1. The topological polar surface area (TPSA) is 49.9 Å². The molecular formula is C14H24N2O3. The van der Waals surface area contributed by atoms with Crippen molar-refractivity contribution in [2.45, 2.75) is 45.1 Å². The molecule has 1 saturated carbocycles. The first kappa shape index (κ1) is 14.3. The third-order valence-electron chi connectivity index (χ3n) is 4.10. The first-order valence-electron chi connectivity index (χ1n) is 7.31. The van der Waals surface area contributed by atoms with E-state index in [0.29, 0.717) is 45.3 Å². The summed E-state index contributed by atoms with van der Waals surface area (Å²) in [7, 11) is 0. The van der Waals surface area contributed by atoms with Gasteiger partial charge in [0.15, 0.2) is 0 Å². The van der Waals surface area contributed by atoms with Crippen molar-refractivity contribution in [3.63, 3.8) is 0 Å². The van der Waals surface area contributed by atoms with Crippen LogP contribution in [0.5, 0.6) is 0 Å². The average molecular weight is 268 g/mol. The van der Waals surface area contributed by atoms with Crippen LogP contribution < -0.4 is 0 Å². The largest absolute Gasteiger partial charge is 0.378 e. The van der Waals surface area contributed by atoms with E-state index in [1.165, 1.54) is 12.8 Å². The molecule has 108 valence electrons. The van der Waals surface area contributed by atoms with E-state index in [-0.39, 0.29) is 11.8 Å². The zero-order valence-corrected chi connectivity index (χ0v) is 11.8. The summed E-state index contributed by atoms with van der Waals surface area (Å²) in [4.78, 5) is 27.5. The highest BCUT2D eigenvalue weighted by atomic mass is 16.5. The van der Waals surface area contributed by atoms with Crippen LogP contribution in [0.4, 0.5) is 0 Å². The Morgan fingerprint density at radius 2 is 1.84 bits per heavy atom. The van der Waals surface area contributed by atoms with Crippen molar-refractivity contribution in [2.24, 2.45) is 0 Å². The Hall–Kier alpha value is -1.10. The van der Waals surface area contributed by atoms with E-state index >= 15 is 0 Å². The highest BCUT2D eigenvalue weighted by molar-refractivity contribution is 5.78. The molecule has 0 aromatic carbocycles. The number of hydrogen-bond acceptors (Lipinski definition) is 3. The fraction of sp³-hybridized carbons (Fsp3) is 0.857. The second-order valence-electron chi connectivity index (χ2n) is 5.39. The van der Waals surface area contributed by atoms with Gasteiger partial charge >= 0.3 is 0 Å².